The van der Waals surface area contributed by atoms with E-state index in [9.17, 15) is 9.18 Å². The van der Waals surface area contributed by atoms with Crippen LogP contribution in [0, 0.1) is 11.7 Å². The number of carbonyl (C=O) groups is 1. The van der Waals surface area contributed by atoms with Gasteiger partial charge in [0.05, 0.1) is 0 Å². The fourth-order valence-corrected chi connectivity index (χ4v) is 3.73. The predicted octanol–water partition coefficient (Wildman–Crippen LogP) is 3.57. The zero-order chi connectivity index (χ0) is 20.1. The van der Waals surface area contributed by atoms with Crippen molar-refractivity contribution in [2.24, 2.45) is 5.92 Å². The van der Waals surface area contributed by atoms with Crippen molar-refractivity contribution in [3.63, 3.8) is 0 Å². The maximum atomic E-state index is 13.3. The molecule has 1 N–H and O–H groups in total. The second-order valence-electron chi connectivity index (χ2n) is 7.40. The van der Waals surface area contributed by atoms with Gasteiger partial charge >= 0.3 is 6.03 Å². The van der Waals surface area contributed by atoms with E-state index in [2.05, 4.69) is 15.4 Å². The van der Waals surface area contributed by atoms with Crippen LogP contribution in [0.3, 0.4) is 0 Å². The lowest BCUT2D eigenvalue weighted by Gasteiger charge is -2.32. The average molecular weight is 393 g/mol. The normalized spacial score (nSPS) is 14.7. The SMILES string of the molecule is O=C(NCc1ccnc(-n2cccn2)c1)N1CCC(Cc2cccc(F)c2)CC1. The topological polar surface area (TPSA) is 63.1 Å². The number of nitrogens with zero attached hydrogens (tertiary/aromatic N) is 4. The minimum absolute atomic E-state index is 0.0494. The average Bonchev–Trinajstić information content (AvgIpc) is 3.28. The zero-order valence-electron chi connectivity index (χ0n) is 16.2. The summed E-state index contributed by atoms with van der Waals surface area (Å²) >= 11 is 0. The number of amides is 2. The first-order valence-corrected chi connectivity index (χ1v) is 9.89. The van der Waals surface area contributed by atoms with Gasteiger partial charge in [0.25, 0.3) is 0 Å². The summed E-state index contributed by atoms with van der Waals surface area (Å²) in [6.45, 7) is 1.89. The minimum atomic E-state index is -0.189. The number of benzene rings is 1. The third-order valence-corrected chi connectivity index (χ3v) is 5.31. The van der Waals surface area contributed by atoms with Crippen LogP contribution in [0.2, 0.25) is 0 Å². The molecule has 3 aromatic rings. The molecule has 0 radical (unpaired) electrons. The van der Waals surface area contributed by atoms with Crippen LogP contribution in [0.1, 0.15) is 24.0 Å². The summed E-state index contributed by atoms with van der Waals surface area (Å²) in [5.41, 5.74) is 2.00. The van der Waals surface area contributed by atoms with E-state index in [0.29, 0.717) is 12.5 Å². The highest BCUT2D eigenvalue weighted by Gasteiger charge is 2.23. The number of piperidine rings is 1. The highest BCUT2D eigenvalue weighted by atomic mass is 19.1. The van der Waals surface area contributed by atoms with E-state index in [1.807, 2.05) is 35.4 Å². The van der Waals surface area contributed by atoms with Gasteiger partial charge in [-0.2, -0.15) is 5.10 Å². The third kappa shape index (κ3) is 4.99. The molecule has 6 nitrogen and oxygen atoms in total. The van der Waals surface area contributed by atoms with E-state index in [1.54, 1.807) is 29.2 Å². The molecule has 3 heterocycles. The molecule has 4 rings (SSSR count). The molecule has 1 aliphatic heterocycles. The molecule has 1 aromatic carbocycles. The quantitative estimate of drug-likeness (QED) is 0.721. The summed E-state index contributed by atoms with van der Waals surface area (Å²) in [5.74, 6) is 1.02. The Bertz CT molecular complexity index is 951. The molecule has 0 aliphatic carbocycles. The smallest absolute Gasteiger partial charge is 0.317 e. The number of halogens is 1. The number of aromatic nitrogens is 3. The zero-order valence-corrected chi connectivity index (χ0v) is 16.2. The highest BCUT2D eigenvalue weighted by molar-refractivity contribution is 5.74. The fourth-order valence-electron chi connectivity index (χ4n) is 3.73. The van der Waals surface area contributed by atoms with Gasteiger partial charge in [0, 0.05) is 38.2 Å². The Morgan fingerprint density at radius 1 is 1.10 bits per heavy atom. The molecule has 0 spiro atoms. The van der Waals surface area contributed by atoms with Crippen molar-refractivity contribution >= 4 is 6.03 Å². The Hall–Kier alpha value is -3.22. The first-order chi connectivity index (χ1) is 14.2. The number of carbonyl (C=O) groups excluding carboxylic acids is 1. The number of pyridine rings is 1. The van der Waals surface area contributed by atoms with Crippen molar-refractivity contribution in [1.29, 1.82) is 0 Å². The van der Waals surface area contributed by atoms with E-state index in [-0.39, 0.29) is 11.8 Å². The van der Waals surface area contributed by atoms with Crippen molar-refractivity contribution < 1.29 is 9.18 Å². The Morgan fingerprint density at radius 2 is 1.97 bits per heavy atom. The van der Waals surface area contributed by atoms with Crippen LogP contribution in [-0.4, -0.2) is 38.8 Å². The molecule has 2 aromatic heterocycles. The van der Waals surface area contributed by atoms with Crippen molar-refractivity contribution in [3.8, 4) is 5.82 Å². The van der Waals surface area contributed by atoms with E-state index < -0.39 is 0 Å². The molecule has 1 fully saturated rings. The molecule has 29 heavy (non-hydrogen) atoms. The second kappa shape index (κ2) is 8.86. The number of rotatable bonds is 5. The maximum absolute atomic E-state index is 13.3. The Morgan fingerprint density at radius 3 is 2.72 bits per heavy atom. The molecule has 0 atom stereocenters. The van der Waals surface area contributed by atoms with E-state index >= 15 is 0 Å². The van der Waals surface area contributed by atoms with Gasteiger partial charge in [-0.1, -0.05) is 12.1 Å². The van der Waals surface area contributed by atoms with Gasteiger partial charge in [0.15, 0.2) is 5.82 Å². The minimum Gasteiger partial charge on any atom is -0.334 e. The van der Waals surface area contributed by atoms with Crippen molar-refractivity contribution in [3.05, 3.63) is 78.0 Å². The fraction of sp³-hybridized carbons (Fsp3) is 0.318. The van der Waals surface area contributed by atoms with Crippen LogP contribution in [0.25, 0.3) is 5.82 Å². The summed E-state index contributed by atoms with van der Waals surface area (Å²) in [6.07, 6.45) is 7.98. The third-order valence-electron chi connectivity index (χ3n) is 5.31. The Balaban J connectivity index is 1.25. The van der Waals surface area contributed by atoms with Gasteiger partial charge in [-0.15, -0.1) is 0 Å². The molecule has 1 saturated heterocycles. The Labute approximate surface area is 169 Å². The van der Waals surface area contributed by atoms with Crippen molar-refractivity contribution in [2.75, 3.05) is 13.1 Å². The van der Waals surface area contributed by atoms with Crippen molar-refractivity contribution in [2.45, 2.75) is 25.8 Å². The summed E-state index contributed by atoms with van der Waals surface area (Å²) in [6, 6.07) is 12.4. The molecule has 0 bridgehead atoms. The summed E-state index contributed by atoms with van der Waals surface area (Å²) < 4.78 is 15.0. The molecule has 0 saturated carbocycles. The molecular weight excluding hydrogens is 369 g/mol. The van der Waals surface area contributed by atoms with Gasteiger partial charge < -0.3 is 10.2 Å². The van der Waals surface area contributed by atoms with E-state index in [4.69, 9.17) is 0 Å². The maximum Gasteiger partial charge on any atom is 0.317 e. The lowest BCUT2D eigenvalue weighted by Crippen LogP contribution is -2.44. The molecule has 0 unspecified atom stereocenters. The standard InChI is InChI=1S/C22H24FN5O/c23-20-4-1-3-18(14-20)13-17-6-11-27(12-7-17)22(29)25-16-19-5-9-24-21(15-19)28-10-2-8-26-28/h1-5,8-10,14-15,17H,6-7,11-13,16H2,(H,25,29). The number of urea groups is 1. The first kappa shape index (κ1) is 19.1. The summed E-state index contributed by atoms with van der Waals surface area (Å²) in [4.78, 5) is 18.7. The van der Waals surface area contributed by atoms with Crippen LogP contribution in [-0.2, 0) is 13.0 Å². The molecule has 150 valence electrons. The van der Waals surface area contributed by atoms with Gasteiger partial charge in [-0.3, -0.25) is 0 Å². The number of hydrogen-bond acceptors (Lipinski definition) is 3. The van der Waals surface area contributed by atoms with E-state index in [0.717, 1.165) is 49.3 Å². The lowest BCUT2D eigenvalue weighted by atomic mass is 9.90. The number of nitrogens with one attached hydrogen (secondary N) is 1. The molecule has 1 aliphatic rings. The molecule has 2 amide bonds. The van der Waals surface area contributed by atoms with Crippen LogP contribution in [0.15, 0.2) is 61.1 Å². The number of likely N-dealkylation sites (tertiary alicyclic amines) is 1. The van der Waals surface area contributed by atoms with Crippen LogP contribution >= 0.6 is 0 Å². The second-order valence-corrected chi connectivity index (χ2v) is 7.40. The largest absolute Gasteiger partial charge is 0.334 e. The van der Waals surface area contributed by atoms with Crippen LogP contribution in [0.4, 0.5) is 9.18 Å². The van der Waals surface area contributed by atoms with Crippen LogP contribution in [0.5, 0.6) is 0 Å². The van der Waals surface area contributed by atoms with Gasteiger partial charge in [0.1, 0.15) is 5.82 Å². The van der Waals surface area contributed by atoms with Crippen molar-refractivity contribution in [1.82, 2.24) is 25.0 Å². The van der Waals surface area contributed by atoms with Crippen LogP contribution < -0.4 is 5.32 Å². The summed E-state index contributed by atoms with van der Waals surface area (Å²) in [5, 5.41) is 7.17. The summed E-state index contributed by atoms with van der Waals surface area (Å²) in [7, 11) is 0. The number of hydrogen-bond donors (Lipinski definition) is 1. The van der Waals surface area contributed by atoms with E-state index in [1.165, 1.54) is 6.07 Å². The molecule has 7 heteroatoms. The lowest BCUT2D eigenvalue weighted by molar-refractivity contribution is 0.170. The monoisotopic (exact) mass is 393 g/mol. The van der Waals surface area contributed by atoms with Gasteiger partial charge in [-0.25, -0.2) is 18.9 Å². The Kier molecular flexibility index (Phi) is 5.84. The molecular formula is C22H24FN5O. The van der Waals surface area contributed by atoms with Gasteiger partial charge in [-0.05, 0) is 66.6 Å². The van der Waals surface area contributed by atoms with Gasteiger partial charge in [0.2, 0.25) is 0 Å². The first-order valence-electron chi connectivity index (χ1n) is 9.89. The predicted molar refractivity (Wildman–Crippen MR) is 108 cm³/mol. The highest BCUT2D eigenvalue weighted by Crippen LogP contribution is 2.22.